The van der Waals surface area contributed by atoms with Crippen LogP contribution in [0.25, 0.3) is 11.0 Å². The van der Waals surface area contributed by atoms with E-state index in [0.717, 1.165) is 17.6 Å². The molecule has 0 fully saturated rings. The zero-order valence-electron chi connectivity index (χ0n) is 15.6. The van der Waals surface area contributed by atoms with Crippen LogP contribution in [0.15, 0.2) is 42.5 Å². The lowest BCUT2D eigenvalue weighted by Gasteiger charge is -2.37. The molecule has 0 aliphatic heterocycles. The molecule has 3 aromatic rings. The van der Waals surface area contributed by atoms with Gasteiger partial charge < -0.3 is 0 Å². The first-order valence-corrected chi connectivity index (χ1v) is 11.6. The lowest BCUT2D eigenvalue weighted by Crippen LogP contribution is -2.50. The molecule has 0 N–H and O–H groups in total. The lowest BCUT2D eigenvalue weighted by molar-refractivity contribution is 0.670. The molecule has 0 radical (unpaired) electrons. The average Bonchev–Trinajstić information content (AvgIpc) is 2.89. The Morgan fingerprint density at radius 1 is 1.04 bits per heavy atom. The van der Waals surface area contributed by atoms with Crippen LogP contribution in [0.3, 0.4) is 0 Å². The Hall–Kier alpha value is -1.94. The third-order valence-electron chi connectivity index (χ3n) is 5.49. The molecule has 0 aliphatic rings. The fraction of sp³-hybridized carbons (Fsp3) is 0.400. The van der Waals surface area contributed by atoms with Crippen LogP contribution >= 0.6 is 0 Å². The van der Waals surface area contributed by atoms with Crippen LogP contribution in [0.4, 0.5) is 0 Å². The van der Waals surface area contributed by atoms with Gasteiger partial charge in [0.1, 0.15) is 5.52 Å². The van der Waals surface area contributed by atoms with Crippen LogP contribution in [-0.2, 0) is 6.54 Å². The normalized spacial score (nSPS) is 12.8. The molecule has 0 saturated carbocycles. The molecular formula is C20H27N3Si. The molecule has 0 unspecified atom stereocenters. The molecule has 126 valence electrons. The molecule has 0 spiro atoms. The number of aryl methyl sites for hydroxylation is 1. The van der Waals surface area contributed by atoms with Crippen LogP contribution in [0, 0.1) is 6.92 Å². The van der Waals surface area contributed by atoms with E-state index in [1.807, 2.05) is 10.7 Å². The third-order valence-corrected chi connectivity index (χ3v) is 11.0. The van der Waals surface area contributed by atoms with Crippen molar-refractivity contribution < 1.29 is 0 Å². The molecular weight excluding hydrogens is 310 g/mol. The summed E-state index contributed by atoms with van der Waals surface area (Å²) in [6.45, 7) is 14.9. The maximum absolute atomic E-state index is 4.58. The van der Waals surface area contributed by atoms with Gasteiger partial charge in [0.15, 0.2) is 0 Å². The van der Waals surface area contributed by atoms with Crippen molar-refractivity contribution in [1.82, 2.24) is 15.0 Å². The Morgan fingerprint density at radius 2 is 1.71 bits per heavy atom. The highest BCUT2D eigenvalue weighted by Crippen LogP contribution is 2.36. The van der Waals surface area contributed by atoms with Gasteiger partial charge in [-0.25, -0.2) is 4.68 Å². The van der Waals surface area contributed by atoms with E-state index in [-0.39, 0.29) is 5.04 Å². The van der Waals surface area contributed by atoms with Crippen LogP contribution in [-0.4, -0.2) is 23.1 Å². The summed E-state index contributed by atoms with van der Waals surface area (Å²) in [5, 5.41) is 10.8. The van der Waals surface area contributed by atoms with E-state index >= 15 is 0 Å². The SMILES string of the molecule is Cc1cc([Si](C)(C)C(C)(C)C)c2nnn(Cc3ccccc3)c2c1. The Morgan fingerprint density at radius 3 is 2.33 bits per heavy atom. The van der Waals surface area contributed by atoms with Gasteiger partial charge in [0, 0.05) is 0 Å². The van der Waals surface area contributed by atoms with Crippen molar-refractivity contribution in [2.75, 3.05) is 0 Å². The second-order valence-corrected chi connectivity index (χ2v) is 13.6. The van der Waals surface area contributed by atoms with Crippen molar-refractivity contribution in [2.45, 2.75) is 52.4 Å². The van der Waals surface area contributed by atoms with Gasteiger partial charge in [-0.3, -0.25) is 0 Å². The number of aromatic nitrogens is 3. The standard InChI is InChI=1S/C20H27N3Si/c1-15-12-17-19(18(13-15)24(5,6)20(2,3)4)21-22-23(17)14-16-10-8-7-9-11-16/h7-13H,14H2,1-6H3. The molecule has 0 saturated heterocycles. The summed E-state index contributed by atoms with van der Waals surface area (Å²) < 4.78 is 2.04. The van der Waals surface area contributed by atoms with E-state index in [0.29, 0.717) is 0 Å². The van der Waals surface area contributed by atoms with Crippen LogP contribution < -0.4 is 5.19 Å². The highest BCUT2D eigenvalue weighted by molar-refractivity contribution is 6.93. The molecule has 0 bridgehead atoms. The second-order valence-electron chi connectivity index (χ2n) is 8.29. The lowest BCUT2D eigenvalue weighted by atomic mass is 10.2. The minimum Gasteiger partial charge on any atom is -0.240 e. The number of hydrogen-bond donors (Lipinski definition) is 0. The molecule has 4 heteroatoms. The predicted molar refractivity (Wildman–Crippen MR) is 105 cm³/mol. The monoisotopic (exact) mass is 337 g/mol. The van der Waals surface area contributed by atoms with Crippen molar-refractivity contribution in [3.63, 3.8) is 0 Å². The van der Waals surface area contributed by atoms with E-state index in [4.69, 9.17) is 0 Å². The molecule has 2 aromatic carbocycles. The molecule has 3 rings (SSSR count). The smallest absolute Gasteiger partial charge is 0.112 e. The molecule has 1 aromatic heterocycles. The maximum atomic E-state index is 4.58. The number of rotatable bonds is 3. The van der Waals surface area contributed by atoms with E-state index in [1.165, 1.54) is 16.3 Å². The van der Waals surface area contributed by atoms with Crippen LogP contribution in [0.2, 0.25) is 18.1 Å². The largest absolute Gasteiger partial charge is 0.240 e. The number of fused-ring (bicyclic) bond motifs is 1. The highest BCUT2D eigenvalue weighted by atomic mass is 28.3. The van der Waals surface area contributed by atoms with Crippen molar-refractivity contribution in [2.24, 2.45) is 0 Å². The molecule has 24 heavy (non-hydrogen) atoms. The summed E-state index contributed by atoms with van der Waals surface area (Å²) in [5.74, 6) is 0. The van der Waals surface area contributed by atoms with Gasteiger partial charge in [-0.15, -0.1) is 5.10 Å². The fourth-order valence-corrected chi connectivity index (χ4v) is 5.13. The molecule has 0 aliphatic carbocycles. The van der Waals surface area contributed by atoms with Gasteiger partial charge in [0.05, 0.1) is 20.1 Å². The van der Waals surface area contributed by atoms with E-state index in [2.05, 4.69) is 87.5 Å². The van der Waals surface area contributed by atoms with Crippen molar-refractivity contribution in [3.05, 3.63) is 53.6 Å². The van der Waals surface area contributed by atoms with Gasteiger partial charge >= 0.3 is 0 Å². The van der Waals surface area contributed by atoms with Crippen LogP contribution in [0.1, 0.15) is 31.9 Å². The Labute approximate surface area is 145 Å². The van der Waals surface area contributed by atoms with Gasteiger partial charge in [0.2, 0.25) is 0 Å². The summed E-state index contributed by atoms with van der Waals surface area (Å²) in [6, 6.07) is 15.0. The van der Waals surface area contributed by atoms with E-state index < -0.39 is 8.07 Å². The third kappa shape index (κ3) is 2.91. The zero-order chi connectivity index (χ0) is 17.5. The summed E-state index contributed by atoms with van der Waals surface area (Å²) in [5.41, 5.74) is 4.78. The first-order valence-electron chi connectivity index (χ1n) is 8.58. The summed E-state index contributed by atoms with van der Waals surface area (Å²) >= 11 is 0. The average molecular weight is 338 g/mol. The summed E-state index contributed by atoms with van der Waals surface area (Å²) in [6.07, 6.45) is 0. The number of benzene rings is 2. The molecule has 0 atom stereocenters. The van der Waals surface area contributed by atoms with Gasteiger partial charge in [-0.2, -0.15) is 0 Å². The van der Waals surface area contributed by atoms with Gasteiger partial charge in [0.25, 0.3) is 0 Å². The van der Waals surface area contributed by atoms with Crippen molar-refractivity contribution in [1.29, 1.82) is 0 Å². The zero-order valence-corrected chi connectivity index (χ0v) is 16.6. The Balaban J connectivity index is 2.14. The number of hydrogen-bond acceptors (Lipinski definition) is 2. The van der Waals surface area contributed by atoms with Crippen LogP contribution in [0.5, 0.6) is 0 Å². The van der Waals surface area contributed by atoms with Crippen molar-refractivity contribution >= 4 is 24.3 Å². The summed E-state index contributed by atoms with van der Waals surface area (Å²) in [4.78, 5) is 0. The van der Waals surface area contributed by atoms with Gasteiger partial charge in [-0.1, -0.05) is 75.5 Å². The minimum atomic E-state index is -1.67. The minimum absolute atomic E-state index is 0.275. The van der Waals surface area contributed by atoms with E-state index in [9.17, 15) is 0 Å². The van der Waals surface area contributed by atoms with Crippen molar-refractivity contribution in [3.8, 4) is 0 Å². The Kier molecular flexibility index (Phi) is 4.12. The maximum Gasteiger partial charge on any atom is 0.112 e. The first-order chi connectivity index (χ1) is 11.2. The summed E-state index contributed by atoms with van der Waals surface area (Å²) in [7, 11) is -1.67. The Bertz CT molecular complexity index is 858. The predicted octanol–water partition coefficient (Wildman–Crippen LogP) is 4.50. The first kappa shape index (κ1) is 16.9. The topological polar surface area (TPSA) is 30.7 Å². The second kappa shape index (κ2) is 5.85. The molecule has 1 heterocycles. The fourth-order valence-electron chi connectivity index (χ4n) is 2.96. The molecule has 3 nitrogen and oxygen atoms in total. The number of nitrogens with zero attached hydrogens (tertiary/aromatic N) is 3. The van der Waals surface area contributed by atoms with E-state index in [1.54, 1.807) is 0 Å². The highest BCUT2D eigenvalue weighted by Gasteiger charge is 2.39. The van der Waals surface area contributed by atoms with Gasteiger partial charge in [-0.05, 0) is 34.3 Å². The quantitative estimate of drug-likeness (QED) is 0.659. The molecule has 0 amide bonds.